The zero-order chi connectivity index (χ0) is 8.81. The van der Waals surface area contributed by atoms with Crippen molar-refractivity contribution in [2.45, 2.75) is 38.5 Å². The maximum atomic E-state index is 12.0. The molecular weight excluding hydrogens is 158 g/mol. The monoisotopic (exact) mass is 176 g/mol. The van der Waals surface area contributed by atoms with Gasteiger partial charge in [-0.25, -0.2) is 0 Å². The molecule has 0 atom stereocenters. The van der Waals surface area contributed by atoms with Crippen molar-refractivity contribution in [1.29, 1.82) is 0 Å². The normalized spacial score (nSPS) is 30.5. The number of alkyl halides is 2. The van der Waals surface area contributed by atoms with Crippen LogP contribution in [-0.2, 0) is 0 Å². The summed E-state index contributed by atoms with van der Waals surface area (Å²) in [7, 11) is 0. The Morgan fingerprint density at radius 3 is 1.33 bits per heavy atom. The van der Waals surface area contributed by atoms with Crippen LogP contribution in [0.15, 0.2) is 0 Å². The molecule has 1 fully saturated rings. The summed E-state index contributed by atoms with van der Waals surface area (Å²) in [5.74, 6) is 1.18. The summed E-state index contributed by atoms with van der Waals surface area (Å²) in [6, 6.07) is 0. The molecule has 0 radical (unpaired) electrons. The predicted octanol–water partition coefficient (Wildman–Crippen LogP) is 3.51. The minimum atomic E-state index is -0.182. The number of hydrogen-bond acceptors (Lipinski definition) is 0. The molecule has 0 aromatic heterocycles. The second-order valence-corrected chi connectivity index (χ2v) is 3.84. The molecule has 0 saturated heterocycles. The van der Waals surface area contributed by atoms with E-state index in [0.29, 0.717) is 11.8 Å². The lowest BCUT2D eigenvalue weighted by atomic mass is 9.80. The van der Waals surface area contributed by atoms with Gasteiger partial charge in [0.1, 0.15) is 0 Å². The molecular formula is C10H18F2. The lowest BCUT2D eigenvalue weighted by molar-refractivity contribution is 0.227. The molecule has 0 aromatic rings. The summed E-state index contributed by atoms with van der Waals surface area (Å²) in [5.41, 5.74) is 0. The Hall–Kier alpha value is -0.140. The first-order chi connectivity index (χ1) is 5.86. The fourth-order valence-electron chi connectivity index (χ4n) is 2.12. The molecule has 72 valence electrons. The van der Waals surface area contributed by atoms with Gasteiger partial charge in [0.25, 0.3) is 0 Å². The minimum Gasteiger partial charge on any atom is -0.251 e. The van der Waals surface area contributed by atoms with Crippen LogP contribution in [0, 0.1) is 11.8 Å². The van der Waals surface area contributed by atoms with Crippen molar-refractivity contribution in [2.24, 2.45) is 11.8 Å². The van der Waals surface area contributed by atoms with Gasteiger partial charge in [-0.15, -0.1) is 0 Å². The second-order valence-electron chi connectivity index (χ2n) is 3.84. The van der Waals surface area contributed by atoms with Crippen LogP contribution in [0.2, 0.25) is 0 Å². The molecule has 0 heterocycles. The fourth-order valence-corrected chi connectivity index (χ4v) is 2.12. The van der Waals surface area contributed by atoms with Gasteiger partial charge in [-0.1, -0.05) is 25.7 Å². The molecule has 0 unspecified atom stereocenters. The SMILES string of the molecule is FCCC1CCC(CCF)CC1. The largest absolute Gasteiger partial charge is 0.251 e. The Morgan fingerprint density at radius 1 is 0.750 bits per heavy atom. The first-order valence-corrected chi connectivity index (χ1v) is 4.98. The van der Waals surface area contributed by atoms with E-state index in [0.717, 1.165) is 38.5 Å². The Labute approximate surface area is 73.3 Å². The quantitative estimate of drug-likeness (QED) is 0.615. The molecule has 1 rings (SSSR count). The highest BCUT2D eigenvalue weighted by atomic mass is 19.1. The van der Waals surface area contributed by atoms with Crippen LogP contribution in [-0.4, -0.2) is 13.3 Å². The molecule has 0 aromatic carbocycles. The van der Waals surface area contributed by atoms with Crippen LogP contribution in [0.4, 0.5) is 8.78 Å². The zero-order valence-corrected chi connectivity index (χ0v) is 7.57. The van der Waals surface area contributed by atoms with E-state index < -0.39 is 0 Å². The van der Waals surface area contributed by atoms with Crippen LogP contribution >= 0.6 is 0 Å². The van der Waals surface area contributed by atoms with Crippen LogP contribution in [0.5, 0.6) is 0 Å². The molecule has 0 aliphatic heterocycles. The summed E-state index contributed by atoms with van der Waals surface area (Å²) >= 11 is 0. The van der Waals surface area contributed by atoms with Crippen molar-refractivity contribution in [3.8, 4) is 0 Å². The average molecular weight is 176 g/mol. The van der Waals surface area contributed by atoms with Crippen molar-refractivity contribution in [3.05, 3.63) is 0 Å². The van der Waals surface area contributed by atoms with Gasteiger partial charge < -0.3 is 0 Å². The molecule has 1 aliphatic rings. The Morgan fingerprint density at radius 2 is 1.08 bits per heavy atom. The molecule has 0 spiro atoms. The third kappa shape index (κ3) is 3.08. The van der Waals surface area contributed by atoms with E-state index in [1.54, 1.807) is 0 Å². The topological polar surface area (TPSA) is 0 Å². The van der Waals surface area contributed by atoms with Crippen molar-refractivity contribution < 1.29 is 8.78 Å². The second kappa shape index (κ2) is 5.50. The smallest absolute Gasteiger partial charge is 0.0897 e. The Kier molecular flexibility index (Phi) is 4.55. The van der Waals surface area contributed by atoms with Crippen LogP contribution in [0.25, 0.3) is 0 Å². The summed E-state index contributed by atoms with van der Waals surface area (Å²) in [4.78, 5) is 0. The van der Waals surface area contributed by atoms with E-state index in [1.165, 1.54) is 0 Å². The van der Waals surface area contributed by atoms with Gasteiger partial charge in [-0.3, -0.25) is 8.78 Å². The first-order valence-electron chi connectivity index (χ1n) is 4.98. The van der Waals surface area contributed by atoms with E-state index in [9.17, 15) is 8.78 Å². The highest BCUT2D eigenvalue weighted by Crippen LogP contribution is 2.32. The van der Waals surface area contributed by atoms with Gasteiger partial charge in [0.2, 0.25) is 0 Å². The van der Waals surface area contributed by atoms with Crippen molar-refractivity contribution in [1.82, 2.24) is 0 Å². The van der Waals surface area contributed by atoms with Gasteiger partial charge in [0.05, 0.1) is 13.3 Å². The van der Waals surface area contributed by atoms with Crippen molar-refractivity contribution in [2.75, 3.05) is 13.3 Å². The van der Waals surface area contributed by atoms with Gasteiger partial charge in [-0.2, -0.15) is 0 Å². The van der Waals surface area contributed by atoms with E-state index in [2.05, 4.69) is 0 Å². The van der Waals surface area contributed by atoms with Gasteiger partial charge in [0, 0.05) is 0 Å². The summed E-state index contributed by atoms with van der Waals surface area (Å²) < 4.78 is 23.9. The van der Waals surface area contributed by atoms with Gasteiger partial charge in [0.15, 0.2) is 0 Å². The molecule has 12 heavy (non-hydrogen) atoms. The first kappa shape index (κ1) is 9.94. The van der Waals surface area contributed by atoms with Crippen LogP contribution in [0.1, 0.15) is 38.5 Å². The Balaban J connectivity index is 2.11. The van der Waals surface area contributed by atoms with E-state index in [-0.39, 0.29) is 13.3 Å². The fraction of sp³-hybridized carbons (Fsp3) is 1.00. The lowest BCUT2D eigenvalue weighted by Gasteiger charge is -2.27. The van der Waals surface area contributed by atoms with Crippen molar-refractivity contribution >= 4 is 0 Å². The molecule has 0 nitrogen and oxygen atoms in total. The third-order valence-corrected chi connectivity index (χ3v) is 3.00. The summed E-state index contributed by atoms with van der Waals surface area (Å²) in [6.45, 7) is -0.364. The molecule has 1 aliphatic carbocycles. The highest BCUT2D eigenvalue weighted by Gasteiger charge is 2.20. The Bertz CT molecular complexity index is 92.4. The van der Waals surface area contributed by atoms with E-state index in [1.807, 2.05) is 0 Å². The molecule has 0 amide bonds. The lowest BCUT2D eigenvalue weighted by Crippen LogP contribution is -2.15. The van der Waals surface area contributed by atoms with Gasteiger partial charge >= 0.3 is 0 Å². The maximum Gasteiger partial charge on any atom is 0.0897 e. The number of hydrogen-bond donors (Lipinski definition) is 0. The highest BCUT2D eigenvalue weighted by molar-refractivity contribution is 4.72. The average Bonchev–Trinajstić information content (AvgIpc) is 2.09. The van der Waals surface area contributed by atoms with Crippen molar-refractivity contribution in [3.63, 3.8) is 0 Å². The molecule has 1 saturated carbocycles. The van der Waals surface area contributed by atoms with Gasteiger partial charge in [-0.05, 0) is 24.7 Å². The number of rotatable bonds is 4. The minimum absolute atomic E-state index is 0.182. The third-order valence-electron chi connectivity index (χ3n) is 3.00. The van der Waals surface area contributed by atoms with E-state index >= 15 is 0 Å². The van der Waals surface area contributed by atoms with Crippen LogP contribution < -0.4 is 0 Å². The summed E-state index contributed by atoms with van der Waals surface area (Å²) in [6.07, 6.45) is 5.93. The molecule has 0 N–H and O–H groups in total. The van der Waals surface area contributed by atoms with Crippen LogP contribution in [0.3, 0.4) is 0 Å². The summed E-state index contributed by atoms with van der Waals surface area (Å²) in [5, 5.41) is 0. The van der Waals surface area contributed by atoms with E-state index in [4.69, 9.17) is 0 Å². The number of halogens is 2. The standard InChI is InChI=1S/C10H18F2/c11-7-5-9-1-2-10(4-3-9)6-8-12/h9-10H,1-8H2. The molecule has 2 heteroatoms. The maximum absolute atomic E-state index is 12.0. The zero-order valence-electron chi connectivity index (χ0n) is 7.57. The predicted molar refractivity (Wildman–Crippen MR) is 46.6 cm³/mol. The molecule has 0 bridgehead atoms.